The number of sulfone groups is 1. The van der Waals surface area contributed by atoms with E-state index < -0.39 is 22.4 Å². The first-order valence-corrected chi connectivity index (χ1v) is 6.98. The van der Waals surface area contributed by atoms with Gasteiger partial charge in [-0.25, -0.2) is 13.2 Å². The van der Waals surface area contributed by atoms with Crippen molar-refractivity contribution in [1.29, 1.82) is 0 Å². The maximum Gasteiger partial charge on any atom is 0.339 e. The maximum atomic E-state index is 11.5. The lowest BCUT2D eigenvalue weighted by atomic mass is 10.1. The van der Waals surface area contributed by atoms with Crippen LogP contribution in [0.5, 0.6) is 0 Å². The zero-order chi connectivity index (χ0) is 13.9. The molecule has 0 aromatic heterocycles. The molecule has 6 nitrogen and oxygen atoms in total. The normalized spacial score (nSPS) is 11.1. The Morgan fingerprint density at radius 3 is 2.50 bits per heavy atom. The molecule has 0 aliphatic rings. The lowest BCUT2D eigenvalue weighted by Crippen LogP contribution is -2.08. The predicted octanol–water partition coefficient (Wildman–Crippen LogP) is 1.80. The molecule has 8 heteroatoms. The van der Waals surface area contributed by atoms with Crippen molar-refractivity contribution in [2.24, 2.45) is 5.18 Å². The van der Waals surface area contributed by atoms with Crippen molar-refractivity contribution < 1.29 is 17.9 Å². The number of ether oxygens (including phenoxy) is 1. The molecule has 0 saturated heterocycles. The van der Waals surface area contributed by atoms with Gasteiger partial charge < -0.3 is 4.74 Å². The Hall–Kier alpha value is -1.47. The number of carbonyl (C=O) groups is 1. The molecule has 0 radical (unpaired) electrons. The summed E-state index contributed by atoms with van der Waals surface area (Å²) in [5.41, 5.74) is -0.0118. The minimum Gasteiger partial charge on any atom is -0.465 e. The van der Waals surface area contributed by atoms with Crippen LogP contribution in [-0.2, 0) is 21.1 Å². The standard InChI is InChI=1S/C10H10ClNO5S/c1-17-10(13)6-3-4-8(18(2,15)16)7(5-12-14)9(6)11/h3-4H,5H2,1-2H3. The molecular weight excluding hydrogens is 282 g/mol. The number of halogens is 1. The summed E-state index contributed by atoms with van der Waals surface area (Å²) in [4.78, 5) is 21.6. The van der Waals surface area contributed by atoms with E-state index in [1.807, 2.05) is 0 Å². The summed E-state index contributed by atoms with van der Waals surface area (Å²) < 4.78 is 27.5. The largest absolute Gasteiger partial charge is 0.465 e. The van der Waals surface area contributed by atoms with Crippen LogP contribution >= 0.6 is 11.6 Å². The first kappa shape index (κ1) is 14.6. The summed E-state index contributed by atoms with van der Waals surface area (Å²) >= 11 is 5.91. The van der Waals surface area contributed by atoms with Crippen molar-refractivity contribution in [1.82, 2.24) is 0 Å². The van der Waals surface area contributed by atoms with Gasteiger partial charge in [-0.3, -0.25) is 0 Å². The summed E-state index contributed by atoms with van der Waals surface area (Å²) in [6.45, 7) is -0.438. The zero-order valence-corrected chi connectivity index (χ0v) is 11.2. The highest BCUT2D eigenvalue weighted by molar-refractivity contribution is 7.90. The van der Waals surface area contributed by atoms with Crippen LogP contribution in [0.25, 0.3) is 0 Å². The zero-order valence-electron chi connectivity index (χ0n) is 9.64. The van der Waals surface area contributed by atoms with Crippen LogP contribution in [0.2, 0.25) is 5.02 Å². The molecule has 0 fully saturated rings. The Labute approximate surface area is 109 Å². The first-order chi connectivity index (χ1) is 8.32. The highest BCUT2D eigenvalue weighted by atomic mass is 35.5. The number of esters is 1. The second-order valence-electron chi connectivity index (χ2n) is 3.45. The van der Waals surface area contributed by atoms with Gasteiger partial charge in [0.2, 0.25) is 0 Å². The van der Waals surface area contributed by atoms with Gasteiger partial charge in [-0.1, -0.05) is 16.8 Å². The SMILES string of the molecule is COC(=O)c1ccc(S(C)(=O)=O)c(CN=O)c1Cl. The molecule has 0 aliphatic carbocycles. The Kier molecular flexibility index (Phi) is 4.42. The Bertz CT molecular complexity index is 597. The second kappa shape index (κ2) is 5.45. The van der Waals surface area contributed by atoms with Gasteiger partial charge in [0.1, 0.15) is 6.54 Å². The van der Waals surface area contributed by atoms with Crippen LogP contribution in [0.3, 0.4) is 0 Å². The molecule has 0 aliphatic heterocycles. The van der Waals surface area contributed by atoms with Crippen molar-refractivity contribution in [3.05, 3.63) is 33.2 Å². The van der Waals surface area contributed by atoms with Crippen molar-refractivity contribution in [3.8, 4) is 0 Å². The van der Waals surface area contributed by atoms with E-state index in [2.05, 4.69) is 9.91 Å². The predicted molar refractivity (Wildman–Crippen MR) is 65.4 cm³/mol. The highest BCUT2D eigenvalue weighted by Crippen LogP contribution is 2.29. The highest BCUT2D eigenvalue weighted by Gasteiger charge is 2.22. The molecular formula is C10H10ClNO5S. The molecule has 98 valence electrons. The van der Waals surface area contributed by atoms with Gasteiger partial charge in [0.25, 0.3) is 0 Å². The average molecular weight is 292 g/mol. The van der Waals surface area contributed by atoms with E-state index in [-0.39, 0.29) is 21.0 Å². The Balaban J connectivity index is 3.57. The second-order valence-corrected chi connectivity index (χ2v) is 5.82. The van der Waals surface area contributed by atoms with Gasteiger partial charge in [0.05, 0.1) is 22.6 Å². The van der Waals surface area contributed by atoms with E-state index in [1.165, 1.54) is 19.2 Å². The van der Waals surface area contributed by atoms with Crippen LogP contribution in [0, 0.1) is 4.91 Å². The van der Waals surface area contributed by atoms with Gasteiger partial charge in [-0.2, -0.15) is 4.91 Å². The number of hydrogen-bond acceptors (Lipinski definition) is 6. The molecule has 0 heterocycles. The molecule has 1 aromatic rings. The minimum absolute atomic E-state index is 0.00272. The minimum atomic E-state index is -3.56. The number of rotatable bonds is 4. The lowest BCUT2D eigenvalue weighted by molar-refractivity contribution is 0.0600. The number of benzene rings is 1. The van der Waals surface area contributed by atoms with Gasteiger partial charge in [-0.15, -0.1) is 0 Å². The molecule has 1 aromatic carbocycles. The number of nitrogens with zero attached hydrogens (tertiary/aromatic N) is 1. The number of nitroso groups, excluding NO2 is 1. The van der Waals surface area contributed by atoms with Crippen molar-refractivity contribution in [2.75, 3.05) is 13.4 Å². The molecule has 0 N–H and O–H groups in total. The van der Waals surface area contributed by atoms with Crippen LogP contribution < -0.4 is 0 Å². The van der Waals surface area contributed by atoms with Crippen LogP contribution in [0.1, 0.15) is 15.9 Å². The summed E-state index contributed by atoms with van der Waals surface area (Å²) in [7, 11) is -2.40. The monoisotopic (exact) mass is 291 g/mol. The number of methoxy groups -OCH3 is 1. The van der Waals surface area contributed by atoms with Gasteiger partial charge in [0.15, 0.2) is 9.84 Å². The third-order valence-electron chi connectivity index (χ3n) is 2.23. The van der Waals surface area contributed by atoms with Gasteiger partial charge >= 0.3 is 5.97 Å². The molecule has 0 bridgehead atoms. The van der Waals surface area contributed by atoms with Crippen molar-refractivity contribution in [2.45, 2.75) is 11.4 Å². The summed E-state index contributed by atoms with van der Waals surface area (Å²) in [5.74, 6) is -0.716. The first-order valence-electron chi connectivity index (χ1n) is 4.71. The van der Waals surface area contributed by atoms with Gasteiger partial charge in [-0.05, 0) is 12.1 Å². The van der Waals surface area contributed by atoms with Crippen LogP contribution in [0.4, 0.5) is 0 Å². The van der Waals surface area contributed by atoms with E-state index in [4.69, 9.17) is 11.6 Å². The van der Waals surface area contributed by atoms with Crippen molar-refractivity contribution >= 4 is 27.4 Å². The Morgan fingerprint density at radius 1 is 1.44 bits per heavy atom. The molecule has 0 saturated carbocycles. The molecule has 1 rings (SSSR count). The van der Waals surface area contributed by atoms with Crippen molar-refractivity contribution in [3.63, 3.8) is 0 Å². The molecule has 0 unspecified atom stereocenters. The molecule has 0 amide bonds. The lowest BCUT2D eigenvalue weighted by Gasteiger charge is -2.10. The van der Waals surface area contributed by atoms with E-state index in [0.717, 1.165) is 6.26 Å². The van der Waals surface area contributed by atoms with E-state index >= 15 is 0 Å². The fourth-order valence-corrected chi connectivity index (χ4v) is 2.72. The topological polar surface area (TPSA) is 89.9 Å². The Morgan fingerprint density at radius 2 is 2.06 bits per heavy atom. The summed E-state index contributed by atoms with van der Waals surface area (Å²) in [5, 5.41) is 2.48. The van der Waals surface area contributed by atoms with Crippen LogP contribution in [0.15, 0.2) is 22.2 Å². The third kappa shape index (κ3) is 2.85. The molecule has 18 heavy (non-hydrogen) atoms. The molecule has 0 atom stereocenters. The third-order valence-corrected chi connectivity index (χ3v) is 3.84. The summed E-state index contributed by atoms with van der Waals surface area (Å²) in [6, 6.07) is 2.44. The fourth-order valence-electron chi connectivity index (χ4n) is 1.43. The number of hydrogen-bond donors (Lipinski definition) is 0. The fraction of sp³-hybridized carbons (Fsp3) is 0.300. The van der Waals surface area contributed by atoms with E-state index in [9.17, 15) is 18.1 Å². The van der Waals surface area contributed by atoms with E-state index in [0.29, 0.717) is 0 Å². The average Bonchev–Trinajstić information content (AvgIpc) is 2.29. The molecule has 0 spiro atoms. The van der Waals surface area contributed by atoms with Gasteiger partial charge in [0, 0.05) is 11.8 Å². The quantitative estimate of drug-likeness (QED) is 0.623. The smallest absolute Gasteiger partial charge is 0.339 e. The number of carbonyl (C=O) groups excluding carboxylic acids is 1. The summed E-state index contributed by atoms with van der Waals surface area (Å²) in [6.07, 6.45) is 0.977. The van der Waals surface area contributed by atoms with Crippen LogP contribution in [-0.4, -0.2) is 27.8 Å². The maximum absolute atomic E-state index is 11.5. The van der Waals surface area contributed by atoms with E-state index in [1.54, 1.807) is 0 Å².